The second-order valence-electron chi connectivity index (χ2n) is 14.6. The van der Waals surface area contributed by atoms with E-state index >= 15 is 0 Å². The van der Waals surface area contributed by atoms with Crippen molar-refractivity contribution in [3.63, 3.8) is 0 Å². The van der Waals surface area contributed by atoms with Gasteiger partial charge in [0.1, 0.15) is 11.2 Å². The molecule has 0 saturated carbocycles. The standard InChI is InChI=1S/C54H35N3O/c1-2-10-39(11-3-1)49-35-51(56-50-14-8-32-55-54(49)50)40-22-29-46(30-23-40)57(44-25-18-37(19-26-44)42-17-16-36-9-4-5-12-41(36)33-42)45-27-20-38(21-28-45)43-24-31-48-47-13-6-7-15-52(47)58-53(48)34-43/h1-35H. The molecule has 4 heteroatoms. The molecular formula is C54H35N3O. The normalized spacial score (nSPS) is 11.4. The molecule has 11 aromatic rings. The minimum absolute atomic E-state index is 0.871. The maximum absolute atomic E-state index is 6.23. The van der Waals surface area contributed by atoms with Crippen LogP contribution in [0.1, 0.15) is 0 Å². The Morgan fingerprint density at radius 1 is 0.379 bits per heavy atom. The predicted molar refractivity (Wildman–Crippen MR) is 241 cm³/mol. The van der Waals surface area contributed by atoms with E-state index in [1.54, 1.807) is 0 Å². The third-order valence-electron chi connectivity index (χ3n) is 11.1. The predicted octanol–water partition coefficient (Wildman–Crippen LogP) is 14.8. The van der Waals surface area contributed by atoms with Crippen LogP contribution in [-0.4, -0.2) is 9.97 Å². The molecule has 0 spiro atoms. The third kappa shape index (κ3) is 6.05. The molecular weight excluding hydrogens is 707 g/mol. The SMILES string of the molecule is c1ccc(-c2cc(-c3ccc(N(c4ccc(-c5ccc6ccccc6c5)cc4)c4ccc(-c5ccc6c(c5)oc5ccccc56)cc4)cc3)nc3cccnc23)cc1. The number of furan rings is 1. The molecule has 58 heavy (non-hydrogen) atoms. The number of para-hydroxylation sites is 1. The summed E-state index contributed by atoms with van der Waals surface area (Å²) in [5.41, 5.74) is 15.5. The highest BCUT2D eigenvalue weighted by Gasteiger charge is 2.16. The number of nitrogens with zero attached hydrogens (tertiary/aromatic N) is 3. The fraction of sp³-hybridized carbons (Fsp3) is 0. The second-order valence-corrected chi connectivity index (χ2v) is 14.6. The molecule has 0 aliphatic carbocycles. The van der Waals surface area contributed by atoms with Gasteiger partial charge in [-0.25, -0.2) is 4.98 Å². The molecule has 8 aromatic carbocycles. The maximum atomic E-state index is 6.23. The van der Waals surface area contributed by atoms with Crippen molar-refractivity contribution in [2.24, 2.45) is 0 Å². The Kier molecular flexibility index (Phi) is 8.11. The van der Waals surface area contributed by atoms with Crippen LogP contribution in [0.2, 0.25) is 0 Å². The van der Waals surface area contributed by atoms with E-state index in [-0.39, 0.29) is 0 Å². The van der Waals surface area contributed by atoms with Crippen LogP contribution < -0.4 is 4.90 Å². The van der Waals surface area contributed by atoms with Crippen LogP contribution in [0.25, 0.3) is 88.4 Å². The molecule has 0 N–H and O–H groups in total. The van der Waals surface area contributed by atoms with Gasteiger partial charge in [0.05, 0.1) is 16.7 Å². The molecule has 0 amide bonds. The Labute approximate surface area is 335 Å². The average Bonchev–Trinajstić information content (AvgIpc) is 3.68. The van der Waals surface area contributed by atoms with Crippen molar-refractivity contribution >= 4 is 60.8 Å². The molecule has 4 nitrogen and oxygen atoms in total. The summed E-state index contributed by atoms with van der Waals surface area (Å²) >= 11 is 0. The van der Waals surface area contributed by atoms with E-state index in [1.165, 1.54) is 21.9 Å². The van der Waals surface area contributed by atoms with Crippen molar-refractivity contribution in [3.05, 3.63) is 212 Å². The topological polar surface area (TPSA) is 42.2 Å². The molecule has 272 valence electrons. The van der Waals surface area contributed by atoms with Crippen molar-refractivity contribution in [1.29, 1.82) is 0 Å². The van der Waals surface area contributed by atoms with Gasteiger partial charge < -0.3 is 9.32 Å². The lowest BCUT2D eigenvalue weighted by molar-refractivity contribution is 0.669. The van der Waals surface area contributed by atoms with Crippen molar-refractivity contribution in [1.82, 2.24) is 9.97 Å². The van der Waals surface area contributed by atoms with Crippen LogP contribution >= 0.6 is 0 Å². The summed E-state index contributed by atoms with van der Waals surface area (Å²) in [5.74, 6) is 0. The quantitative estimate of drug-likeness (QED) is 0.163. The molecule has 0 unspecified atom stereocenters. The van der Waals surface area contributed by atoms with Gasteiger partial charge in [0.15, 0.2) is 0 Å². The number of benzene rings is 8. The Morgan fingerprint density at radius 3 is 1.71 bits per heavy atom. The van der Waals surface area contributed by atoms with Crippen LogP contribution in [0.3, 0.4) is 0 Å². The fourth-order valence-electron chi connectivity index (χ4n) is 8.16. The first-order chi connectivity index (χ1) is 28.7. The minimum atomic E-state index is 0.871. The van der Waals surface area contributed by atoms with E-state index < -0.39 is 0 Å². The monoisotopic (exact) mass is 741 g/mol. The highest BCUT2D eigenvalue weighted by Crippen LogP contribution is 2.39. The number of hydrogen-bond donors (Lipinski definition) is 0. The van der Waals surface area contributed by atoms with Crippen molar-refractivity contribution in [3.8, 4) is 44.6 Å². The number of anilines is 3. The summed E-state index contributed by atoms with van der Waals surface area (Å²) in [5, 5.41) is 4.74. The molecule has 0 atom stereocenters. The van der Waals surface area contributed by atoms with Gasteiger partial charge in [0.25, 0.3) is 0 Å². The lowest BCUT2D eigenvalue weighted by Crippen LogP contribution is -2.09. The molecule has 0 bridgehead atoms. The summed E-state index contributed by atoms with van der Waals surface area (Å²) in [6.07, 6.45) is 1.83. The number of rotatable bonds is 7. The largest absolute Gasteiger partial charge is 0.456 e. The fourth-order valence-corrected chi connectivity index (χ4v) is 8.16. The molecule has 0 saturated heterocycles. The van der Waals surface area contributed by atoms with Crippen LogP contribution in [0.15, 0.2) is 217 Å². The van der Waals surface area contributed by atoms with Gasteiger partial charge in [0.2, 0.25) is 0 Å². The lowest BCUT2D eigenvalue weighted by Gasteiger charge is -2.26. The zero-order chi connectivity index (χ0) is 38.4. The van der Waals surface area contributed by atoms with Gasteiger partial charge in [-0.05, 0) is 117 Å². The summed E-state index contributed by atoms with van der Waals surface area (Å²) in [6.45, 7) is 0. The summed E-state index contributed by atoms with van der Waals surface area (Å²) < 4.78 is 6.23. The van der Waals surface area contributed by atoms with Gasteiger partial charge in [-0.15, -0.1) is 0 Å². The molecule has 0 radical (unpaired) electrons. The van der Waals surface area contributed by atoms with E-state index in [2.05, 4.69) is 181 Å². The summed E-state index contributed by atoms with van der Waals surface area (Å²) in [6, 6.07) is 72.8. The Balaban J connectivity index is 0.974. The van der Waals surface area contributed by atoms with Gasteiger partial charge in [0, 0.05) is 45.2 Å². The minimum Gasteiger partial charge on any atom is -0.456 e. The number of fused-ring (bicyclic) bond motifs is 5. The maximum Gasteiger partial charge on any atom is 0.136 e. The Morgan fingerprint density at radius 2 is 0.966 bits per heavy atom. The first-order valence-corrected chi connectivity index (χ1v) is 19.5. The second kappa shape index (κ2) is 14.0. The molecule has 0 aliphatic rings. The Hall–Kier alpha value is -7.82. The van der Waals surface area contributed by atoms with Crippen LogP contribution in [0.4, 0.5) is 17.1 Å². The number of hydrogen-bond acceptors (Lipinski definition) is 4. The lowest BCUT2D eigenvalue weighted by atomic mass is 10.00. The molecule has 0 fully saturated rings. The van der Waals surface area contributed by atoms with Gasteiger partial charge in [-0.2, -0.15) is 0 Å². The summed E-state index contributed by atoms with van der Waals surface area (Å²) in [7, 11) is 0. The van der Waals surface area contributed by atoms with Crippen molar-refractivity contribution < 1.29 is 4.42 Å². The van der Waals surface area contributed by atoms with Crippen molar-refractivity contribution in [2.75, 3.05) is 4.90 Å². The molecule has 0 aliphatic heterocycles. The molecule has 3 heterocycles. The number of aromatic nitrogens is 2. The molecule has 3 aromatic heterocycles. The zero-order valence-corrected chi connectivity index (χ0v) is 31.5. The van der Waals surface area contributed by atoms with Gasteiger partial charge >= 0.3 is 0 Å². The van der Waals surface area contributed by atoms with E-state index in [0.29, 0.717) is 0 Å². The third-order valence-corrected chi connectivity index (χ3v) is 11.1. The Bertz CT molecular complexity index is 3260. The van der Waals surface area contributed by atoms with Crippen LogP contribution in [-0.2, 0) is 0 Å². The first kappa shape index (κ1) is 33.5. The van der Waals surface area contributed by atoms with Crippen LogP contribution in [0, 0.1) is 0 Å². The van der Waals surface area contributed by atoms with E-state index in [0.717, 1.165) is 83.5 Å². The first-order valence-electron chi connectivity index (χ1n) is 19.5. The zero-order valence-electron chi connectivity index (χ0n) is 31.5. The number of pyridine rings is 2. The van der Waals surface area contributed by atoms with Gasteiger partial charge in [-0.1, -0.05) is 127 Å². The smallest absolute Gasteiger partial charge is 0.136 e. The summed E-state index contributed by atoms with van der Waals surface area (Å²) in [4.78, 5) is 12.1. The highest BCUT2D eigenvalue weighted by molar-refractivity contribution is 6.06. The van der Waals surface area contributed by atoms with E-state index in [4.69, 9.17) is 14.4 Å². The highest BCUT2D eigenvalue weighted by atomic mass is 16.3. The van der Waals surface area contributed by atoms with Crippen molar-refractivity contribution in [2.45, 2.75) is 0 Å². The van der Waals surface area contributed by atoms with E-state index in [1.807, 2.05) is 36.5 Å². The van der Waals surface area contributed by atoms with Gasteiger partial charge in [-0.3, -0.25) is 4.98 Å². The average molecular weight is 742 g/mol. The molecule has 11 rings (SSSR count). The van der Waals surface area contributed by atoms with E-state index in [9.17, 15) is 0 Å². The van der Waals surface area contributed by atoms with Crippen LogP contribution in [0.5, 0.6) is 0 Å².